The summed E-state index contributed by atoms with van der Waals surface area (Å²) in [5, 5.41) is 9.19. The summed E-state index contributed by atoms with van der Waals surface area (Å²) in [6.07, 6.45) is 0.198. The van der Waals surface area contributed by atoms with Crippen molar-refractivity contribution in [1.29, 1.82) is 0 Å². The van der Waals surface area contributed by atoms with Gasteiger partial charge < -0.3 is 5.11 Å². The van der Waals surface area contributed by atoms with E-state index in [0.29, 0.717) is 18.7 Å². The van der Waals surface area contributed by atoms with Gasteiger partial charge in [-0.25, -0.2) is 4.39 Å². The Morgan fingerprint density at radius 1 is 1.35 bits per heavy atom. The second-order valence-electron chi connectivity index (χ2n) is 3.87. The lowest BCUT2D eigenvalue weighted by Crippen LogP contribution is -2.42. The number of benzene rings is 1. The average molecular weight is 239 g/mol. The Morgan fingerprint density at radius 3 is 2.41 bits per heavy atom. The van der Waals surface area contributed by atoms with Gasteiger partial charge in [-0.15, -0.1) is 0 Å². The normalized spacial score (nSPS) is 12.7. The lowest BCUT2D eigenvalue weighted by atomic mass is 10.0. The molecule has 0 fully saturated rings. The van der Waals surface area contributed by atoms with Crippen LogP contribution in [0.5, 0.6) is 0 Å². The summed E-state index contributed by atoms with van der Waals surface area (Å²) in [4.78, 5) is 13.0. The molecule has 0 aromatic heterocycles. The van der Waals surface area contributed by atoms with Gasteiger partial charge in [0.2, 0.25) is 0 Å². The van der Waals surface area contributed by atoms with E-state index in [1.807, 2.05) is 18.7 Å². The van der Waals surface area contributed by atoms with Crippen molar-refractivity contribution < 1.29 is 14.3 Å². The quantitative estimate of drug-likeness (QED) is 0.827. The van der Waals surface area contributed by atoms with E-state index in [2.05, 4.69) is 0 Å². The van der Waals surface area contributed by atoms with E-state index >= 15 is 0 Å². The number of hydrogen-bond donors (Lipinski definition) is 1. The fourth-order valence-electron chi connectivity index (χ4n) is 1.91. The third-order valence-corrected chi connectivity index (χ3v) is 2.91. The molecular formula is C13H18FNO2. The minimum atomic E-state index is -0.906. The first kappa shape index (κ1) is 13.6. The summed E-state index contributed by atoms with van der Waals surface area (Å²) in [6, 6.07) is 5.65. The van der Waals surface area contributed by atoms with Crippen molar-refractivity contribution >= 4 is 5.97 Å². The summed E-state index contributed by atoms with van der Waals surface area (Å²) >= 11 is 0. The fraction of sp³-hybridized carbons (Fsp3) is 0.462. The molecule has 0 amide bonds. The first-order valence-corrected chi connectivity index (χ1v) is 5.80. The van der Waals surface area contributed by atoms with E-state index in [9.17, 15) is 14.3 Å². The number of aliphatic carboxylic acids is 1. The zero-order chi connectivity index (χ0) is 12.8. The third-order valence-electron chi connectivity index (χ3n) is 2.91. The minimum absolute atomic E-state index is 0.198. The highest BCUT2D eigenvalue weighted by molar-refractivity contribution is 5.74. The van der Waals surface area contributed by atoms with Crippen molar-refractivity contribution in [2.24, 2.45) is 0 Å². The molecule has 0 saturated carbocycles. The van der Waals surface area contributed by atoms with Gasteiger partial charge in [-0.3, -0.25) is 9.69 Å². The highest BCUT2D eigenvalue weighted by atomic mass is 19.1. The summed E-state index contributed by atoms with van der Waals surface area (Å²) in [5.74, 6) is -1.25. The number of nitrogens with zero attached hydrogens (tertiary/aromatic N) is 1. The molecule has 0 saturated heterocycles. The molecule has 1 aromatic rings. The van der Waals surface area contributed by atoms with Crippen LogP contribution in [0, 0.1) is 5.82 Å². The highest BCUT2D eigenvalue weighted by Gasteiger charge is 2.24. The molecule has 0 radical (unpaired) electrons. The van der Waals surface area contributed by atoms with Crippen LogP contribution in [0.3, 0.4) is 0 Å². The van der Waals surface area contributed by atoms with Crippen LogP contribution in [0.4, 0.5) is 4.39 Å². The van der Waals surface area contributed by atoms with Crippen molar-refractivity contribution in [2.45, 2.75) is 26.3 Å². The lowest BCUT2D eigenvalue weighted by Gasteiger charge is -2.26. The maximum Gasteiger partial charge on any atom is 0.321 e. The topological polar surface area (TPSA) is 40.5 Å². The predicted octanol–water partition coefficient (Wildman–Crippen LogP) is 2.16. The maximum absolute atomic E-state index is 13.5. The van der Waals surface area contributed by atoms with Gasteiger partial charge in [0.25, 0.3) is 0 Å². The number of carboxylic acids is 1. The fourth-order valence-corrected chi connectivity index (χ4v) is 1.91. The maximum atomic E-state index is 13.5. The summed E-state index contributed by atoms with van der Waals surface area (Å²) in [7, 11) is 0. The SMILES string of the molecule is CCN(CC)[C@@H](Cc1ccccc1F)C(=O)O. The van der Waals surface area contributed by atoms with Crippen molar-refractivity contribution in [1.82, 2.24) is 4.90 Å². The van der Waals surface area contributed by atoms with Gasteiger partial charge >= 0.3 is 5.97 Å². The standard InChI is InChI=1S/C13H18FNO2/c1-3-15(4-2)12(13(16)17)9-10-7-5-6-8-11(10)14/h5-8,12H,3-4,9H2,1-2H3,(H,16,17)/t12-/m0/s1. The van der Waals surface area contributed by atoms with Gasteiger partial charge in [-0.2, -0.15) is 0 Å². The number of hydrogen-bond acceptors (Lipinski definition) is 2. The molecule has 94 valence electrons. The second kappa shape index (κ2) is 6.35. The molecule has 17 heavy (non-hydrogen) atoms. The number of carboxylic acid groups (broad SMARTS) is 1. The van der Waals surface area contributed by atoms with Crippen molar-refractivity contribution in [3.05, 3.63) is 35.6 Å². The van der Waals surface area contributed by atoms with E-state index in [-0.39, 0.29) is 12.2 Å². The Morgan fingerprint density at radius 2 is 1.94 bits per heavy atom. The predicted molar refractivity (Wildman–Crippen MR) is 64.4 cm³/mol. The van der Waals surface area contributed by atoms with E-state index in [1.54, 1.807) is 18.2 Å². The molecule has 1 aromatic carbocycles. The van der Waals surface area contributed by atoms with Gasteiger partial charge in [0.05, 0.1) is 0 Å². The minimum Gasteiger partial charge on any atom is -0.480 e. The van der Waals surface area contributed by atoms with Crippen LogP contribution < -0.4 is 0 Å². The molecule has 1 atom stereocenters. The Hall–Kier alpha value is -1.42. The van der Waals surface area contributed by atoms with Crippen molar-refractivity contribution in [2.75, 3.05) is 13.1 Å². The zero-order valence-electron chi connectivity index (χ0n) is 10.2. The van der Waals surface area contributed by atoms with Crippen LogP contribution in [0.1, 0.15) is 19.4 Å². The number of carbonyl (C=O) groups is 1. The molecule has 0 aliphatic heterocycles. The molecule has 0 spiro atoms. The number of likely N-dealkylation sites (N-methyl/N-ethyl adjacent to an activating group) is 1. The Labute approximate surface area is 101 Å². The molecule has 0 aliphatic carbocycles. The molecule has 3 nitrogen and oxygen atoms in total. The largest absolute Gasteiger partial charge is 0.480 e. The molecular weight excluding hydrogens is 221 g/mol. The van der Waals surface area contributed by atoms with Crippen LogP contribution in [-0.4, -0.2) is 35.1 Å². The Bertz CT molecular complexity index is 377. The molecule has 1 N–H and O–H groups in total. The van der Waals surface area contributed by atoms with Crippen molar-refractivity contribution in [3.63, 3.8) is 0 Å². The first-order chi connectivity index (χ1) is 8.10. The number of halogens is 1. The zero-order valence-corrected chi connectivity index (χ0v) is 10.2. The summed E-state index contributed by atoms with van der Waals surface area (Å²) < 4.78 is 13.5. The number of rotatable bonds is 6. The summed E-state index contributed by atoms with van der Waals surface area (Å²) in [5.41, 5.74) is 0.451. The van der Waals surface area contributed by atoms with Gasteiger partial charge in [0.15, 0.2) is 0 Å². The molecule has 0 bridgehead atoms. The molecule has 4 heteroatoms. The van der Waals surface area contributed by atoms with Crippen molar-refractivity contribution in [3.8, 4) is 0 Å². The second-order valence-corrected chi connectivity index (χ2v) is 3.87. The molecule has 1 rings (SSSR count). The molecule has 0 unspecified atom stereocenters. The van der Waals surface area contributed by atoms with Gasteiger partial charge in [-0.1, -0.05) is 32.0 Å². The summed E-state index contributed by atoms with van der Waals surface area (Å²) in [6.45, 7) is 5.09. The Balaban J connectivity index is 2.87. The van der Waals surface area contributed by atoms with E-state index in [0.717, 1.165) is 0 Å². The molecule has 0 aliphatic rings. The van der Waals surface area contributed by atoms with Gasteiger partial charge in [0, 0.05) is 6.42 Å². The smallest absolute Gasteiger partial charge is 0.321 e. The first-order valence-electron chi connectivity index (χ1n) is 5.80. The highest BCUT2D eigenvalue weighted by Crippen LogP contribution is 2.13. The van der Waals surface area contributed by atoms with Crippen LogP contribution in [0.25, 0.3) is 0 Å². The van der Waals surface area contributed by atoms with Crippen LogP contribution in [0.2, 0.25) is 0 Å². The molecule has 0 heterocycles. The van der Waals surface area contributed by atoms with Crippen LogP contribution >= 0.6 is 0 Å². The third kappa shape index (κ3) is 3.53. The Kier molecular flexibility index (Phi) is 5.10. The van der Waals surface area contributed by atoms with Gasteiger partial charge in [-0.05, 0) is 24.7 Å². The average Bonchev–Trinajstić information content (AvgIpc) is 2.31. The monoisotopic (exact) mass is 239 g/mol. The van der Waals surface area contributed by atoms with E-state index in [1.165, 1.54) is 6.07 Å². The van der Waals surface area contributed by atoms with E-state index < -0.39 is 12.0 Å². The van der Waals surface area contributed by atoms with E-state index in [4.69, 9.17) is 0 Å². The van der Waals surface area contributed by atoms with Crippen LogP contribution in [0.15, 0.2) is 24.3 Å². The van der Waals surface area contributed by atoms with Crippen LogP contribution in [-0.2, 0) is 11.2 Å². The lowest BCUT2D eigenvalue weighted by molar-refractivity contribution is -0.143. The van der Waals surface area contributed by atoms with Gasteiger partial charge in [0.1, 0.15) is 11.9 Å².